The van der Waals surface area contributed by atoms with E-state index in [9.17, 15) is 0 Å². The van der Waals surface area contributed by atoms with Crippen LogP contribution in [0.2, 0.25) is 0 Å². The van der Waals surface area contributed by atoms with Gasteiger partial charge in [-0.25, -0.2) is 0 Å². The molecular formula is C18H12N6. The molecule has 0 saturated carbocycles. The van der Waals surface area contributed by atoms with E-state index in [0.717, 1.165) is 27.8 Å². The number of fused-ring (bicyclic) bond motifs is 1. The monoisotopic (exact) mass is 312 g/mol. The molecule has 2 heterocycles. The molecule has 0 aliphatic heterocycles. The number of anilines is 1. The van der Waals surface area contributed by atoms with E-state index >= 15 is 0 Å². The Balaban J connectivity index is 2.06. The number of H-pyrrole nitrogens is 1. The molecule has 0 fully saturated rings. The molecule has 0 radical (unpaired) electrons. The van der Waals surface area contributed by atoms with Gasteiger partial charge >= 0.3 is 0 Å². The first-order valence-corrected chi connectivity index (χ1v) is 7.34. The topological polar surface area (TPSA) is 104 Å². The summed E-state index contributed by atoms with van der Waals surface area (Å²) in [5, 5.41) is 25.1. The lowest BCUT2D eigenvalue weighted by Gasteiger charge is -2.10. The van der Waals surface area contributed by atoms with Crippen LogP contribution in [0.5, 0.6) is 0 Å². The van der Waals surface area contributed by atoms with E-state index in [1.165, 1.54) is 0 Å². The zero-order valence-corrected chi connectivity index (χ0v) is 12.6. The Morgan fingerprint density at radius 2 is 1.67 bits per heavy atom. The molecule has 0 saturated heterocycles. The Morgan fingerprint density at radius 3 is 2.38 bits per heavy atom. The quantitative estimate of drug-likeness (QED) is 0.591. The third-order valence-corrected chi connectivity index (χ3v) is 3.86. The average Bonchev–Trinajstić information content (AvgIpc) is 3.03. The summed E-state index contributed by atoms with van der Waals surface area (Å²) in [6.45, 7) is 0. The van der Waals surface area contributed by atoms with Crippen molar-refractivity contribution in [2.75, 3.05) is 5.73 Å². The van der Waals surface area contributed by atoms with Crippen LogP contribution in [-0.2, 0) is 0 Å². The van der Waals surface area contributed by atoms with Gasteiger partial charge in [0.05, 0.1) is 17.0 Å². The van der Waals surface area contributed by atoms with E-state index in [4.69, 9.17) is 11.0 Å². The fraction of sp³-hybridized carbons (Fsp3) is 0. The van der Waals surface area contributed by atoms with Crippen molar-refractivity contribution in [2.24, 2.45) is 0 Å². The molecule has 114 valence electrons. The van der Waals surface area contributed by atoms with Crippen molar-refractivity contribution in [3.05, 3.63) is 60.2 Å². The van der Waals surface area contributed by atoms with Crippen LogP contribution >= 0.6 is 0 Å². The maximum Gasteiger partial charge on any atom is 0.180 e. The predicted octanol–water partition coefficient (Wildman–Crippen LogP) is 3.14. The number of hydrogen-bond acceptors (Lipinski definition) is 5. The number of nitrogens with two attached hydrogens (primary N) is 1. The average molecular weight is 312 g/mol. The van der Waals surface area contributed by atoms with Crippen molar-refractivity contribution < 1.29 is 0 Å². The Bertz CT molecular complexity index is 1060. The number of nitriles is 1. The number of aromatic nitrogens is 4. The molecule has 4 rings (SSSR count). The first-order valence-electron chi connectivity index (χ1n) is 7.34. The molecule has 0 atom stereocenters. The van der Waals surface area contributed by atoms with Crippen molar-refractivity contribution in [2.45, 2.75) is 0 Å². The maximum absolute atomic E-state index is 9.01. The summed E-state index contributed by atoms with van der Waals surface area (Å²) in [6.07, 6.45) is 0. The van der Waals surface area contributed by atoms with Gasteiger partial charge in [0.25, 0.3) is 0 Å². The Morgan fingerprint density at radius 1 is 0.917 bits per heavy atom. The summed E-state index contributed by atoms with van der Waals surface area (Å²) in [5.41, 5.74) is 10.6. The second-order valence-corrected chi connectivity index (χ2v) is 5.31. The van der Waals surface area contributed by atoms with Gasteiger partial charge in [-0.05, 0) is 17.7 Å². The molecule has 0 unspecified atom stereocenters. The van der Waals surface area contributed by atoms with Gasteiger partial charge in [-0.1, -0.05) is 42.5 Å². The number of benzene rings is 2. The van der Waals surface area contributed by atoms with Gasteiger partial charge in [0.2, 0.25) is 0 Å². The Kier molecular flexibility index (Phi) is 3.18. The maximum atomic E-state index is 9.01. The highest BCUT2D eigenvalue weighted by Gasteiger charge is 2.18. The highest BCUT2D eigenvalue weighted by atomic mass is 15.2. The lowest BCUT2D eigenvalue weighted by Crippen LogP contribution is -1.96. The Labute approximate surface area is 137 Å². The molecule has 0 spiro atoms. The fourth-order valence-electron chi connectivity index (χ4n) is 2.72. The first kappa shape index (κ1) is 13.9. The van der Waals surface area contributed by atoms with E-state index in [2.05, 4.69) is 26.5 Å². The minimum absolute atomic E-state index is 0.372. The van der Waals surface area contributed by atoms with Gasteiger partial charge in [-0.15, -0.1) is 10.2 Å². The third-order valence-electron chi connectivity index (χ3n) is 3.86. The number of aromatic amines is 1. The highest BCUT2D eigenvalue weighted by Crippen LogP contribution is 2.37. The third kappa shape index (κ3) is 2.16. The smallest absolute Gasteiger partial charge is 0.180 e. The summed E-state index contributed by atoms with van der Waals surface area (Å²) in [6, 6.07) is 19.2. The van der Waals surface area contributed by atoms with Crippen molar-refractivity contribution in [1.82, 2.24) is 20.4 Å². The van der Waals surface area contributed by atoms with Crippen molar-refractivity contribution in [3.8, 4) is 28.5 Å². The van der Waals surface area contributed by atoms with E-state index in [1.54, 1.807) is 12.1 Å². The molecule has 3 N–H and O–H groups in total. The molecule has 24 heavy (non-hydrogen) atoms. The van der Waals surface area contributed by atoms with Crippen molar-refractivity contribution >= 4 is 16.9 Å². The van der Waals surface area contributed by atoms with Gasteiger partial charge in [-0.3, -0.25) is 5.10 Å². The van der Waals surface area contributed by atoms with Crippen LogP contribution in [0, 0.1) is 11.3 Å². The molecule has 6 heteroatoms. The molecule has 0 bridgehead atoms. The number of nitrogens with zero attached hydrogens (tertiary/aromatic N) is 4. The second kappa shape index (κ2) is 5.48. The normalized spacial score (nSPS) is 10.6. The zero-order chi connectivity index (χ0) is 16.5. The molecule has 0 aliphatic rings. The van der Waals surface area contributed by atoms with Crippen molar-refractivity contribution in [3.63, 3.8) is 0 Å². The molecule has 0 aliphatic carbocycles. The van der Waals surface area contributed by atoms with Gasteiger partial charge in [-0.2, -0.15) is 10.4 Å². The summed E-state index contributed by atoms with van der Waals surface area (Å²) < 4.78 is 0. The van der Waals surface area contributed by atoms with Gasteiger partial charge in [0.15, 0.2) is 11.5 Å². The molecule has 6 nitrogen and oxygen atoms in total. The molecule has 2 aromatic carbocycles. The Hall–Kier alpha value is -3.72. The summed E-state index contributed by atoms with van der Waals surface area (Å²) in [5.74, 6) is 0.372. The highest BCUT2D eigenvalue weighted by molar-refractivity contribution is 6.04. The number of hydrogen-bond donors (Lipinski definition) is 2. The minimum atomic E-state index is 0.372. The van der Waals surface area contributed by atoms with Gasteiger partial charge < -0.3 is 5.73 Å². The van der Waals surface area contributed by atoms with Crippen LogP contribution in [0.4, 0.5) is 5.82 Å². The van der Waals surface area contributed by atoms with E-state index in [0.29, 0.717) is 17.0 Å². The van der Waals surface area contributed by atoms with Crippen LogP contribution in [0.15, 0.2) is 54.6 Å². The molecule has 0 amide bonds. The van der Waals surface area contributed by atoms with Crippen molar-refractivity contribution in [1.29, 1.82) is 5.26 Å². The standard InChI is InChI=1S/C18H12N6/c19-10-11-6-8-12(9-7-11)14-15-17(20)22-24-18(15)23-21-16(14)13-4-2-1-3-5-13/h1-9H,(H3,20,22,23,24). The number of nitrogen functional groups attached to an aromatic ring is 1. The van der Waals surface area contributed by atoms with Gasteiger partial charge in [0, 0.05) is 11.1 Å². The van der Waals surface area contributed by atoms with E-state index in [-0.39, 0.29) is 0 Å². The number of rotatable bonds is 2. The number of nitrogens with one attached hydrogen (secondary N) is 1. The van der Waals surface area contributed by atoms with Crippen LogP contribution in [-0.4, -0.2) is 20.4 Å². The largest absolute Gasteiger partial charge is 0.382 e. The van der Waals surface area contributed by atoms with E-state index < -0.39 is 0 Å². The zero-order valence-electron chi connectivity index (χ0n) is 12.6. The summed E-state index contributed by atoms with van der Waals surface area (Å²) in [4.78, 5) is 0. The molecule has 2 aromatic heterocycles. The minimum Gasteiger partial charge on any atom is -0.382 e. The summed E-state index contributed by atoms with van der Waals surface area (Å²) in [7, 11) is 0. The fourth-order valence-corrected chi connectivity index (χ4v) is 2.72. The lowest BCUT2D eigenvalue weighted by atomic mass is 9.96. The second-order valence-electron chi connectivity index (χ2n) is 5.31. The van der Waals surface area contributed by atoms with Gasteiger partial charge in [0.1, 0.15) is 5.69 Å². The van der Waals surface area contributed by atoms with Crippen LogP contribution in [0.1, 0.15) is 5.56 Å². The first-order chi connectivity index (χ1) is 11.8. The molecular weight excluding hydrogens is 300 g/mol. The predicted molar refractivity (Wildman–Crippen MR) is 91.7 cm³/mol. The SMILES string of the molecule is N#Cc1ccc(-c2c(-c3ccccc3)nnc3[nH]nc(N)c23)cc1. The van der Waals surface area contributed by atoms with E-state index in [1.807, 2.05) is 42.5 Å². The van der Waals surface area contributed by atoms with Crippen LogP contribution in [0.3, 0.4) is 0 Å². The molecule has 4 aromatic rings. The summed E-state index contributed by atoms with van der Waals surface area (Å²) >= 11 is 0. The lowest BCUT2D eigenvalue weighted by molar-refractivity contribution is 1.03. The van der Waals surface area contributed by atoms with Crippen LogP contribution in [0.25, 0.3) is 33.4 Å². The van der Waals surface area contributed by atoms with Crippen LogP contribution < -0.4 is 5.73 Å².